The Balaban J connectivity index is 2.07. The summed E-state index contributed by atoms with van der Waals surface area (Å²) >= 11 is 1.49. The Morgan fingerprint density at radius 3 is 2.60 bits per heavy atom. The predicted molar refractivity (Wildman–Crippen MR) is 83.3 cm³/mol. The number of rotatable bonds is 4. The standard InChI is InChI=1S/C16H20N2OS/c1-10(2)16-18-12(4)14(20-16)15(19)17-9-13-8-6-5-7-11(13)3/h5-8,10H,9H2,1-4H3,(H,17,19). The fourth-order valence-corrected chi connectivity index (χ4v) is 2.92. The van der Waals surface area contributed by atoms with Gasteiger partial charge in [0.15, 0.2) is 0 Å². The second-order valence-electron chi connectivity index (χ2n) is 5.23. The number of benzene rings is 1. The van der Waals surface area contributed by atoms with Crippen LogP contribution in [0, 0.1) is 13.8 Å². The maximum Gasteiger partial charge on any atom is 0.263 e. The molecule has 0 saturated carbocycles. The molecule has 1 amide bonds. The fraction of sp³-hybridized carbons (Fsp3) is 0.375. The van der Waals surface area contributed by atoms with Crippen LogP contribution in [-0.2, 0) is 6.54 Å². The Morgan fingerprint density at radius 2 is 2.00 bits per heavy atom. The first-order valence-corrected chi connectivity index (χ1v) is 7.60. The monoisotopic (exact) mass is 288 g/mol. The van der Waals surface area contributed by atoms with Gasteiger partial charge in [0, 0.05) is 12.5 Å². The molecule has 0 aliphatic rings. The number of carbonyl (C=O) groups excluding carboxylic acids is 1. The van der Waals surface area contributed by atoms with Crippen molar-refractivity contribution in [1.82, 2.24) is 10.3 Å². The van der Waals surface area contributed by atoms with Crippen molar-refractivity contribution in [2.24, 2.45) is 0 Å². The number of aromatic nitrogens is 1. The molecule has 0 radical (unpaired) electrons. The van der Waals surface area contributed by atoms with Crippen molar-refractivity contribution in [3.05, 3.63) is 51.0 Å². The summed E-state index contributed by atoms with van der Waals surface area (Å²) in [5.41, 5.74) is 3.16. The van der Waals surface area contributed by atoms with Gasteiger partial charge in [-0.15, -0.1) is 11.3 Å². The van der Waals surface area contributed by atoms with Gasteiger partial charge in [0.2, 0.25) is 0 Å². The van der Waals surface area contributed by atoms with E-state index in [1.54, 1.807) is 0 Å². The number of aryl methyl sites for hydroxylation is 2. The maximum atomic E-state index is 12.2. The lowest BCUT2D eigenvalue weighted by Crippen LogP contribution is -2.22. The number of carbonyl (C=O) groups is 1. The van der Waals surface area contributed by atoms with Crippen molar-refractivity contribution in [3.63, 3.8) is 0 Å². The molecule has 1 aromatic carbocycles. The molecular weight excluding hydrogens is 268 g/mol. The van der Waals surface area contributed by atoms with E-state index in [4.69, 9.17) is 0 Å². The second-order valence-corrected chi connectivity index (χ2v) is 6.26. The summed E-state index contributed by atoms with van der Waals surface area (Å²) in [6, 6.07) is 8.08. The summed E-state index contributed by atoms with van der Waals surface area (Å²) in [5, 5.41) is 4.00. The van der Waals surface area contributed by atoms with Gasteiger partial charge in [-0.2, -0.15) is 0 Å². The van der Waals surface area contributed by atoms with Crippen LogP contribution >= 0.6 is 11.3 Å². The zero-order chi connectivity index (χ0) is 14.7. The van der Waals surface area contributed by atoms with Gasteiger partial charge in [0.1, 0.15) is 4.88 Å². The summed E-state index contributed by atoms with van der Waals surface area (Å²) in [4.78, 5) is 17.4. The summed E-state index contributed by atoms with van der Waals surface area (Å²) in [6.45, 7) is 8.68. The summed E-state index contributed by atoms with van der Waals surface area (Å²) in [6.07, 6.45) is 0. The Labute approximate surface area is 124 Å². The average Bonchev–Trinajstić information content (AvgIpc) is 2.80. The molecule has 20 heavy (non-hydrogen) atoms. The molecule has 2 rings (SSSR count). The summed E-state index contributed by atoms with van der Waals surface area (Å²) < 4.78 is 0. The third-order valence-electron chi connectivity index (χ3n) is 3.21. The largest absolute Gasteiger partial charge is 0.347 e. The number of hydrogen-bond acceptors (Lipinski definition) is 3. The van der Waals surface area contributed by atoms with E-state index in [0.717, 1.165) is 21.1 Å². The zero-order valence-electron chi connectivity index (χ0n) is 12.4. The minimum atomic E-state index is -0.0323. The number of nitrogens with zero attached hydrogens (tertiary/aromatic N) is 1. The van der Waals surface area contributed by atoms with E-state index in [-0.39, 0.29) is 5.91 Å². The smallest absolute Gasteiger partial charge is 0.263 e. The average molecular weight is 288 g/mol. The molecule has 4 heteroatoms. The van der Waals surface area contributed by atoms with Crippen LogP contribution in [0.25, 0.3) is 0 Å². The SMILES string of the molecule is Cc1ccccc1CNC(=O)c1sc(C(C)C)nc1C. The number of amides is 1. The van der Waals surface area contributed by atoms with E-state index in [2.05, 4.69) is 37.1 Å². The normalized spacial score (nSPS) is 10.8. The van der Waals surface area contributed by atoms with Gasteiger partial charge in [-0.3, -0.25) is 4.79 Å². The highest BCUT2D eigenvalue weighted by atomic mass is 32.1. The first-order valence-electron chi connectivity index (χ1n) is 6.79. The minimum Gasteiger partial charge on any atom is -0.347 e. The highest BCUT2D eigenvalue weighted by Crippen LogP contribution is 2.24. The number of nitrogens with one attached hydrogen (secondary N) is 1. The van der Waals surface area contributed by atoms with Crippen molar-refractivity contribution in [2.75, 3.05) is 0 Å². The Morgan fingerprint density at radius 1 is 1.30 bits per heavy atom. The third-order valence-corrected chi connectivity index (χ3v) is 4.67. The molecule has 0 aliphatic carbocycles. The number of hydrogen-bond donors (Lipinski definition) is 1. The Kier molecular flexibility index (Phi) is 4.55. The molecule has 2 aromatic rings. The molecule has 0 spiro atoms. The molecule has 0 saturated heterocycles. The van der Waals surface area contributed by atoms with Gasteiger partial charge in [-0.1, -0.05) is 38.1 Å². The van der Waals surface area contributed by atoms with Gasteiger partial charge in [-0.05, 0) is 25.0 Å². The molecule has 1 N–H and O–H groups in total. The maximum absolute atomic E-state index is 12.2. The highest BCUT2D eigenvalue weighted by Gasteiger charge is 2.16. The summed E-state index contributed by atoms with van der Waals surface area (Å²) in [7, 11) is 0. The second kappa shape index (κ2) is 6.18. The van der Waals surface area contributed by atoms with E-state index >= 15 is 0 Å². The molecule has 0 atom stereocenters. The van der Waals surface area contributed by atoms with Crippen LogP contribution in [0.1, 0.15) is 51.3 Å². The van der Waals surface area contributed by atoms with Gasteiger partial charge < -0.3 is 5.32 Å². The minimum absolute atomic E-state index is 0.0323. The van der Waals surface area contributed by atoms with E-state index in [1.165, 1.54) is 16.9 Å². The van der Waals surface area contributed by atoms with Gasteiger partial charge >= 0.3 is 0 Å². The Hall–Kier alpha value is -1.68. The quantitative estimate of drug-likeness (QED) is 0.929. The van der Waals surface area contributed by atoms with Crippen molar-refractivity contribution in [3.8, 4) is 0 Å². The van der Waals surface area contributed by atoms with Crippen LogP contribution in [0.15, 0.2) is 24.3 Å². The van der Waals surface area contributed by atoms with E-state index in [9.17, 15) is 4.79 Å². The molecule has 1 heterocycles. The van der Waals surface area contributed by atoms with E-state index < -0.39 is 0 Å². The molecular formula is C16H20N2OS. The van der Waals surface area contributed by atoms with Gasteiger partial charge in [0.05, 0.1) is 10.7 Å². The zero-order valence-corrected chi connectivity index (χ0v) is 13.2. The van der Waals surface area contributed by atoms with Crippen molar-refractivity contribution >= 4 is 17.2 Å². The number of thiazole rings is 1. The van der Waals surface area contributed by atoms with Crippen LogP contribution in [0.3, 0.4) is 0 Å². The van der Waals surface area contributed by atoms with Crippen LogP contribution < -0.4 is 5.32 Å². The predicted octanol–water partition coefficient (Wildman–Crippen LogP) is 3.81. The highest BCUT2D eigenvalue weighted by molar-refractivity contribution is 7.13. The van der Waals surface area contributed by atoms with Crippen molar-refractivity contribution in [1.29, 1.82) is 0 Å². The molecule has 0 bridgehead atoms. The van der Waals surface area contributed by atoms with Crippen LogP contribution in [0.4, 0.5) is 0 Å². The van der Waals surface area contributed by atoms with Crippen molar-refractivity contribution < 1.29 is 4.79 Å². The first-order chi connectivity index (χ1) is 9.49. The van der Waals surface area contributed by atoms with Crippen LogP contribution in [-0.4, -0.2) is 10.9 Å². The molecule has 1 aromatic heterocycles. The molecule has 106 valence electrons. The lowest BCUT2D eigenvalue weighted by Gasteiger charge is -2.07. The molecule has 3 nitrogen and oxygen atoms in total. The van der Waals surface area contributed by atoms with Gasteiger partial charge in [0.25, 0.3) is 5.91 Å². The lowest BCUT2D eigenvalue weighted by atomic mass is 10.1. The van der Waals surface area contributed by atoms with Crippen LogP contribution in [0.5, 0.6) is 0 Å². The molecule has 0 aliphatic heterocycles. The fourth-order valence-electron chi connectivity index (χ4n) is 1.94. The Bertz CT molecular complexity index is 617. The first kappa shape index (κ1) is 14.7. The topological polar surface area (TPSA) is 42.0 Å². The molecule has 0 fully saturated rings. The van der Waals surface area contributed by atoms with Crippen molar-refractivity contribution in [2.45, 2.75) is 40.2 Å². The molecule has 0 unspecified atom stereocenters. The lowest BCUT2D eigenvalue weighted by molar-refractivity contribution is 0.0954. The third kappa shape index (κ3) is 3.25. The van der Waals surface area contributed by atoms with E-state index in [1.807, 2.05) is 25.1 Å². The summed E-state index contributed by atoms with van der Waals surface area (Å²) in [5.74, 6) is 0.326. The van der Waals surface area contributed by atoms with E-state index in [0.29, 0.717) is 12.5 Å². The van der Waals surface area contributed by atoms with Gasteiger partial charge in [-0.25, -0.2) is 4.98 Å². The van der Waals surface area contributed by atoms with Crippen LogP contribution in [0.2, 0.25) is 0 Å².